The van der Waals surface area contributed by atoms with Gasteiger partial charge in [0.15, 0.2) is 11.6 Å². The first kappa shape index (κ1) is 15.1. The number of carbonyl (C=O) groups is 2. The number of allylic oxidation sites excluding steroid dienone is 3. The van der Waals surface area contributed by atoms with Gasteiger partial charge in [-0.15, -0.1) is 0 Å². The summed E-state index contributed by atoms with van der Waals surface area (Å²) in [7, 11) is 0. The fourth-order valence-corrected chi connectivity index (χ4v) is 1.52. The highest BCUT2D eigenvalue weighted by Gasteiger charge is 2.01. The van der Waals surface area contributed by atoms with Crippen molar-refractivity contribution in [2.24, 2.45) is 0 Å². The second-order valence-electron chi connectivity index (χ2n) is 4.15. The van der Waals surface area contributed by atoms with Gasteiger partial charge in [0.25, 0.3) is 0 Å². The number of hydrogen-bond donors (Lipinski definition) is 1. The van der Waals surface area contributed by atoms with Gasteiger partial charge in [-0.2, -0.15) is 0 Å². The fourth-order valence-electron chi connectivity index (χ4n) is 1.52. The molecule has 0 atom stereocenters. The Hall–Kier alpha value is -2.00. The molecule has 1 aromatic rings. The maximum Gasteiger partial charge on any atom is 0.158 e. The lowest BCUT2D eigenvalue weighted by atomic mass is 10.1. The highest BCUT2D eigenvalue weighted by Crippen LogP contribution is 2.02. The van der Waals surface area contributed by atoms with Crippen molar-refractivity contribution < 1.29 is 14.7 Å². The summed E-state index contributed by atoms with van der Waals surface area (Å²) in [6.45, 7) is -0.441. The van der Waals surface area contributed by atoms with Crippen molar-refractivity contribution >= 4 is 17.6 Å². The predicted molar refractivity (Wildman–Crippen MR) is 75.6 cm³/mol. The van der Waals surface area contributed by atoms with E-state index in [0.717, 1.165) is 5.56 Å². The van der Waals surface area contributed by atoms with E-state index in [4.69, 9.17) is 5.11 Å². The van der Waals surface area contributed by atoms with Gasteiger partial charge in [0.2, 0.25) is 0 Å². The van der Waals surface area contributed by atoms with Crippen LogP contribution < -0.4 is 0 Å². The Morgan fingerprint density at radius 3 is 2.47 bits per heavy atom. The van der Waals surface area contributed by atoms with Crippen LogP contribution in [0.15, 0.2) is 48.6 Å². The molecule has 0 aliphatic carbocycles. The van der Waals surface area contributed by atoms with E-state index < -0.39 is 6.61 Å². The molecular weight excluding hydrogens is 240 g/mol. The van der Waals surface area contributed by atoms with E-state index in [-0.39, 0.29) is 18.0 Å². The first-order chi connectivity index (χ1) is 9.22. The zero-order chi connectivity index (χ0) is 13.9. The summed E-state index contributed by atoms with van der Waals surface area (Å²) < 4.78 is 0. The Bertz CT molecular complexity index is 458. The Labute approximate surface area is 113 Å². The first-order valence-corrected chi connectivity index (χ1v) is 6.27. The molecule has 0 spiro atoms. The summed E-state index contributed by atoms with van der Waals surface area (Å²) in [4.78, 5) is 22.2. The molecule has 1 N–H and O–H groups in total. The summed E-state index contributed by atoms with van der Waals surface area (Å²) in [5.41, 5.74) is 1.08. The van der Waals surface area contributed by atoms with Crippen LogP contribution in [-0.2, 0) is 9.59 Å². The van der Waals surface area contributed by atoms with E-state index >= 15 is 0 Å². The topological polar surface area (TPSA) is 54.4 Å². The molecule has 0 heterocycles. The number of rotatable bonds is 8. The maximum atomic E-state index is 11.4. The standard InChI is InChI=1S/C16H18O3/c17-13-16(19)12-6-11-15(18)10-5-4-9-14-7-2-1-3-8-14/h1-5,7-10,17H,6,11-13H2/b9-4+,10-5+. The van der Waals surface area contributed by atoms with Crippen molar-refractivity contribution in [3.05, 3.63) is 54.1 Å². The number of ketones is 2. The molecule has 0 aromatic heterocycles. The van der Waals surface area contributed by atoms with Gasteiger partial charge in [-0.3, -0.25) is 9.59 Å². The number of Topliss-reactive ketones (excluding diaryl/α,β-unsaturated/α-hetero) is 1. The van der Waals surface area contributed by atoms with Crippen molar-refractivity contribution in [2.75, 3.05) is 6.61 Å². The fraction of sp³-hybridized carbons (Fsp3) is 0.250. The minimum absolute atomic E-state index is 0.0107. The summed E-state index contributed by atoms with van der Waals surface area (Å²) in [6.07, 6.45) is 8.01. The molecule has 3 nitrogen and oxygen atoms in total. The normalized spacial score (nSPS) is 11.2. The molecule has 0 saturated carbocycles. The molecule has 1 aromatic carbocycles. The predicted octanol–water partition coefficient (Wildman–Crippen LogP) is 2.56. The molecule has 3 heteroatoms. The Kier molecular flexibility index (Phi) is 7.13. The van der Waals surface area contributed by atoms with Crippen molar-refractivity contribution in [1.29, 1.82) is 0 Å². The van der Waals surface area contributed by atoms with Gasteiger partial charge in [0, 0.05) is 12.8 Å². The molecule has 0 unspecified atom stereocenters. The molecule has 0 aliphatic heterocycles. The third-order valence-corrected chi connectivity index (χ3v) is 2.54. The first-order valence-electron chi connectivity index (χ1n) is 6.27. The van der Waals surface area contributed by atoms with Crippen LogP contribution in [0, 0.1) is 0 Å². The van der Waals surface area contributed by atoms with Gasteiger partial charge >= 0.3 is 0 Å². The van der Waals surface area contributed by atoms with E-state index in [1.807, 2.05) is 42.5 Å². The largest absolute Gasteiger partial charge is 0.389 e. The highest BCUT2D eigenvalue weighted by molar-refractivity contribution is 5.90. The van der Waals surface area contributed by atoms with Crippen molar-refractivity contribution in [1.82, 2.24) is 0 Å². The average molecular weight is 258 g/mol. The molecule has 19 heavy (non-hydrogen) atoms. The monoisotopic (exact) mass is 258 g/mol. The van der Waals surface area contributed by atoms with Crippen molar-refractivity contribution in [3.63, 3.8) is 0 Å². The Balaban J connectivity index is 2.27. The second kappa shape index (κ2) is 9.00. The highest BCUT2D eigenvalue weighted by atomic mass is 16.3. The molecule has 0 saturated heterocycles. The van der Waals surface area contributed by atoms with Gasteiger partial charge in [0.1, 0.15) is 6.61 Å². The van der Waals surface area contributed by atoms with Gasteiger partial charge < -0.3 is 5.11 Å². The zero-order valence-electron chi connectivity index (χ0n) is 10.8. The molecule has 0 fully saturated rings. The zero-order valence-corrected chi connectivity index (χ0v) is 10.8. The lowest BCUT2D eigenvalue weighted by Crippen LogP contribution is -2.04. The lowest BCUT2D eigenvalue weighted by Gasteiger charge is -1.94. The van der Waals surface area contributed by atoms with Crippen LogP contribution in [0.3, 0.4) is 0 Å². The SMILES string of the molecule is O=C(/C=C/C=C/c1ccccc1)CCCC(=O)CO. The summed E-state index contributed by atoms with van der Waals surface area (Å²) in [6, 6.07) is 9.81. The van der Waals surface area contributed by atoms with Crippen LogP contribution in [0.5, 0.6) is 0 Å². The van der Waals surface area contributed by atoms with E-state index in [9.17, 15) is 9.59 Å². The summed E-state index contributed by atoms with van der Waals surface area (Å²) in [5.74, 6) is -0.232. The Morgan fingerprint density at radius 2 is 1.79 bits per heavy atom. The van der Waals surface area contributed by atoms with Gasteiger partial charge in [-0.1, -0.05) is 48.6 Å². The lowest BCUT2D eigenvalue weighted by molar-refractivity contribution is -0.122. The number of benzene rings is 1. The van der Waals surface area contributed by atoms with Crippen molar-refractivity contribution in [3.8, 4) is 0 Å². The van der Waals surface area contributed by atoms with E-state index in [0.29, 0.717) is 12.8 Å². The molecule has 0 radical (unpaired) electrons. The third-order valence-electron chi connectivity index (χ3n) is 2.54. The van der Waals surface area contributed by atoms with E-state index in [1.54, 1.807) is 6.08 Å². The van der Waals surface area contributed by atoms with E-state index in [2.05, 4.69) is 0 Å². The molecule has 100 valence electrons. The molecule has 0 bridgehead atoms. The molecule has 0 aliphatic rings. The third kappa shape index (κ3) is 7.11. The quantitative estimate of drug-likeness (QED) is 0.576. The molecular formula is C16H18O3. The van der Waals surface area contributed by atoms with Crippen LogP contribution in [0.2, 0.25) is 0 Å². The summed E-state index contributed by atoms with van der Waals surface area (Å²) in [5, 5.41) is 8.52. The van der Waals surface area contributed by atoms with Gasteiger partial charge in [0.05, 0.1) is 0 Å². The maximum absolute atomic E-state index is 11.4. The van der Waals surface area contributed by atoms with Crippen LogP contribution in [0.1, 0.15) is 24.8 Å². The molecule has 1 rings (SSSR count). The van der Waals surface area contributed by atoms with Gasteiger partial charge in [-0.25, -0.2) is 0 Å². The average Bonchev–Trinajstić information content (AvgIpc) is 2.44. The Morgan fingerprint density at radius 1 is 1.05 bits per heavy atom. The van der Waals surface area contributed by atoms with Crippen molar-refractivity contribution in [2.45, 2.75) is 19.3 Å². The summed E-state index contributed by atoms with van der Waals surface area (Å²) >= 11 is 0. The van der Waals surface area contributed by atoms with Crippen LogP contribution in [0.25, 0.3) is 6.08 Å². The smallest absolute Gasteiger partial charge is 0.158 e. The minimum atomic E-state index is -0.441. The molecule has 0 amide bonds. The van der Waals surface area contributed by atoms with E-state index in [1.165, 1.54) is 6.08 Å². The van der Waals surface area contributed by atoms with Crippen LogP contribution in [-0.4, -0.2) is 23.3 Å². The minimum Gasteiger partial charge on any atom is -0.389 e. The number of hydrogen-bond acceptors (Lipinski definition) is 3. The van der Waals surface area contributed by atoms with Gasteiger partial charge in [-0.05, 0) is 18.1 Å². The number of carbonyl (C=O) groups excluding carboxylic acids is 2. The number of aliphatic hydroxyl groups excluding tert-OH is 1. The number of aliphatic hydroxyl groups is 1. The van der Waals surface area contributed by atoms with Crippen LogP contribution in [0.4, 0.5) is 0 Å². The second-order valence-corrected chi connectivity index (χ2v) is 4.15. The van der Waals surface area contributed by atoms with Crippen LogP contribution >= 0.6 is 0 Å².